The van der Waals surface area contributed by atoms with Crippen molar-refractivity contribution in [2.75, 3.05) is 12.1 Å². The number of fused-ring (bicyclic) bond motifs is 2. The lowest BCUT2D eigenvalue weighted by molar-refractivity contribution is -0.116. The fraction of sp³-hybridized carbons (Fsp3) is 0.158. The molecule has 0 saturated heterocycles. The number of hydrogen-bond acceptors (Lipinski definition) is 4. The maximum Gasteiger partial charge on any atom is 0.231 e. The third kappa shape index (κ3) is 2.26. The van der Waals surface area contributed by atoms with Crippen LogP contribution in [0.1, 0.15) is 23.5 Å². The van der Waals surface area contributed by atoms with Gasteiger partial charge in [-0.1, -0.05) is 36.4 Å². The lowest BCUT2D eigenvalue weighted by Gasteiger charge is -2.23. The third-order valence-corrected chi connectivity index (χ3v) is 4.66. The quantitative estimate of drug-likeness (QED) is 0.754. The Morgan fingerprint density at radius 2 is 1.88 bits per heavy atom. The van der Waals surface area contributed by atoms with Crippen molar-refractivity contribution in [3.63, 3.8) is 0 Å². The van der Waals surface area contributed by atoms with Crippen LogP contribution in [0, 0.1) is 0 Å². The number of nitrogens with one attached hydrogen (secondary N) is 2. The summed E-state index contributed by atoms with van der Waals surface area (Å²) in [5.41, 5.74) is 3.99. The first-order chi connectivity index (χ1) is 12.3. The molecule has 124 valence electrons. The fourth-order valence-corrected chi connectivity index (χ4v) is 3.50. The molecule has 2 N–H and O–H groups in total. The van der Waals surface area contributed by atoms with Crippen LogP contribution in [0.25, 0.3) is 11.3 Å². The van der Waals surface area contributed by atoms with Crippen molar-refractivity contribution in [2.45, 2.75) is 12.3 Å². The summed E-state index contributed by atoms with van der Waals surface area (Å²) < 4.78 is 10.9. The van der Waals surface area contributed by atoms with Gasteiger partial charge >= 0.3 is 0 Å². The normalized spacial score (nSPS) is 17.9. The zero-order chi connectivity index (χ0) is 16.8. The highest BCUT2D eigenvalue weighted by molar-refractivity contribution is 5.96. The number of H-pyrrole nitrogens is 1. The summed E-state index contributed by atoms with van der Waals surface area (Å²) in [4.78, 5) is 12.2. The van der Waals surface area contributed by atoms with Crippen LogP contribution < -0.4 is 14.8 Å². The van der Waals surface area contributed by atoms with Crippen molar-refractivity contribution in [3.8, 4) is 22.8 Å². The van der Waals surface area contributed by atoms with E-state index in [1.54, 1.807) is 0 Å². The average Bonchev–Trinajstić information content (AvgIpc) is 3.27. The Bertz CT molecular complexity index is 965. The van der Waals surface area contributed by atoms with E-state index in [1.807, 2.05) is 48.5 Å². The van der Waals surface area contributed by atoms with Gasteiger partial charge < -0.3 is 14.8 Å². The molecule has 1 unspecified atom stereocenters. The number of hydrogen-bond donors (Lipinski definition) is 2. The Balaban J connectivity index is 1.65. The van der Waals surface area contributed by atoms with Crippen molar-refractivity contribution in [1.82, 2.24) is 10.2 Å². The molecule has 0 saturated carbocycles. The highest BCUT2D eigenvalue weighted by Gasteiger charge is 2.32. The van der Waals surface area contributed by atoms with Crippen molar-refractivity contribution in [2.24, 2.45) is 0 Å². The number of ether oxygens (including phenoxy) is 2. The van der Waals surface area contributed by atoms with E-state index in [0.29, 0.717) is 12.2 Å². The molecule has 6 nitrogen and oxygen atoms in total. The number of nitrogens with zero attached hydrogens (tertiary/aromatic N) is 1. The molecule has 0 radical (unpaired) electrons. The minimum Gasteiger partial charge on any atom is -0.454 e. The van der Waals surface area contributed by atoms with Crippen LogP contribution in [-0.2, 0) is 4.79 Å². The molecule has 3 heterocycles. The Morgan fingerprint density at radius 1 is 1.04 bits per heavy atom. The summed E-state index contributed by atoms with van der Waals surface area (Å²) in [5, 5.41) is 10.3. The Hall–Kier alpha value is -3.28. The summed E-state index contributed by atoms with van der Waals surface area (Å²) in [6.45, 7) is 0.232. The van der Waals surface area contributed by atoms with Gasteiger partial charge in [0.25, 0.3) is 0 Å². The topological polar surface area (TPSA) is 76.2 Å². The lowest BCUT2D eigenvalue weighted by atomic mass is 9.84. The van der Waals surface area contributed by atoms with Crippen LogP contribution >= 0.6 is 0 Å². The lowest BCUT2D eigenvalue weighted by Crippen LogP contribution is -2.23. The van der Waals surface area contributed by atoms with E-state index in [-0.39, 0.29) is 18.6 Å². The molecule has 0 spiro atoms. The van der Waals surface area contributed by atoms with Gasteiger partial charge in [0.1, 0.15) is 0 Å². The number of aromatic amines is 1. The van der Waals surface area contributed by atoms with Gasteiger partial charge in [0.15, 0.2) is 17.3 Å². The Kier molecular flexibility index (Phi) is 3.03. The first kappa shape index (κ1) is 14.1. The zero-order valence-corrected chi connectivity index (χ0v) is 13.3. The molecule has 2 aliphatic heterocycles. The van der Waals surface area contributed by atoms with E-state index in [2.05, 4.69) is 15.5 Å². The van der Waals surface area contributed by atoms with Crippen LogP contribution in [0.3, 0.4) is 0 Å². The van der Waals surface area contributed by atoms with Gasteiger partial charge in [0.2, 0.25) is 12.7 Å². The van der Waals surface area contributed by atoms with Crippen LogP contribution in [0.4, 0.5) is 5.82 Å². The molecule has 0 fully saturated rings. The van der Waals surface area contributed by atoms with E-state index in [9.17, 15) is 4.79 Å². The van der Waals surface area contributed by atoms with E-state index in [0.717, 1.165) is 33.9 Å². The third-order valence-electron chi connectivity index (χ3n) is 4.66. The second-order valence-corrected chi connectivity index (χ2v) is 6.14. The molecule has 25 heavy (non-hydrogen) atoms. The van der Waals surface area contributed by atoms with E-state index in [4.69, 9.17) is 9.47 Å². The van der Waals surface area contributed by atoms with E-state index >= 15 is 0 Å². The van der Waals surface area contributed by atoms with Crippen LogP contribution in [0.5, 0.6) is 11.5 Å². The zero-order valence-electron chi connectivity index (χ0n) is 13.3. The summed E-state index contributed by atoms with van der Waals surface area (Å²) in [7, 11) is 0. The highest BCUT2D eigenvalue weighted by Crippen LogP contribution is 2.44. The van der Waals surface area contributed by atoms with E-state index < -0.39 is 0 Å². The molecule has 6 heteroatoms. The molecule has 1 atom stereocenters. The maximum atomic E-state index is 12.2. The van der Waals surface area contributed by atoms with Gasteiger partial charge in [-0.15, -0.1) is 0 Å². The highest BCUT2D eigenvalue weighted by atomic mass is 16.7. The molecule has 3 aromatic rings. The van der Waals surface area contributed by atoms with E-state index in [1.165, 1.54) is 0 Å². The second-order valence-electron chi connectivity index (χ2n) is 6.14. The van der Waals surface area contributed by atoms with Crippen LogP contribution in [0.2, 0.25) is 0 Å². The van der Waals surface area contributed by atoms with Gasteiger partial charge in [-0.2, -0.15) is 5.10 Å². The number of anilines is 1. The van der Waals surface area contributed by atoms with Gasteiger partial charge in [0, 0.05) is 17.9 Å². The molecule has 1 amide bonds. The standard InChI is InChI=1S/C19H15N3O3/c23-16-9-13(12-6-7-14-15(8-12)25-10-24-14)17-18(21-22-19(17)20-16)11-4-2-1-3-5-11/h1-8,13H,9-10H2,(H2,20,21,22,23). The number of aromatic nitrogens is 2. The summed E-state index contributed by atoms with van der Waals surface area (Å²) in [6, 6.07) is 15.8. The van der Waals surface area contributed by atoms with Gasteiger partial charge in [-0.05, 0) is 23.3 Å². The molecular weight excluding hydrogens is 318 g/mol. The number of carbonyl (C=O) groups is 1. The smallest absolute Gasteiger partial charge is 0.231 e. The van der Waals surface area contributed by atoms with Crippen molar-refractivity contribution in [1.29, 1.82) is 0 Å². The largest absolute Gasteiger partial charge is 0.454 e. The van der Waals surface area contributed by atoms with Crippen molar-refractivity contribution >= 4 is 11.7 Å². The first-order valence-corrected chi connectivity index (χ1v) is 8.12. The molecule has 2 aromatic carbocycles. The summed E-state index contributed by atoms with van der Waals surface area (Å²) in [5.74, 6) is 1.92. The van der Waals surface area contributed by atoms with Crippen molar-refractivity contribution < 1.29 is 14.3 Å². The Labute approximate surface area is 143 Å². The number of benzene rings is 2. The molecule has 2 aliphatic rings. The summed E-state index contributed by atoms with van der Waals surface area (Å²) in [6.07, 6.45) is 0.367. The molecule has 0 aliphatic carbocycles. The SMILES string of the molecule is O=C1CC(c2ccc3c(c2)OCO3)c2c(n[nH]c2-c2ccccc2)N1. The predicted octanol–water partition coefficient (Wildman–Crippen LogP) is 3.28. The maximum absolute atomic E-state index is 12.2. The molecule has 0 bridgehead atoms. The predicted molar refractivity (Wildman–Crippen MR) is 91.7 cm³/mol. The number of carbonyl (C=O) groups excluding carboxylic acids is 1. The van der Waals surface area contributed by atoms with Gasteiger partial charge in [-0.25, -0.2) is 0 Å². The molecule has 1 aromatic heterocycles. The summed E-state index contributed by atoms with van der Waals surface area (Å²) >= 11 is 0. The minimum absolute atomic E-state index is 0.0405. The number of amides is 1. The molecule has 5 rings (SSSR count). The van der Waals surface area contributed by atoms with Crippen LogP contribution in [-0.4, -0.2) is 22.9 Å². The second kappa shape index (κ2) is 5.37. The Morgan fingerprint density at radius 3 is 2.76 bits per heavy atom. The van der Waals surface area contributed by atoms with Crippen LogP contribution in [0.15, 0.2) is 48.5 Å². The van der Waals surface area contributed by atoms with Gasteiger partial charge in [0.05, 0.1) is 5.69 Å². The number of rotatable bonds is 2. The minimum atomic E-state index is -0.0905. The van der Waals surface area contributed by atoms with Crippen molar-refractivity contribution in [3.05, 3.63) is 59.7 Å². The average molecular weight is 333 g/mol. The monoisotopic (exact) mass is 333 g/mol. The molecular formula is C19H15N3O3. The first-order valence-electron chi connectivity index (χ1n) is 8.12. The fourth-order valence-electron chi connectivity index (χ4n) is 3.50. The van der Waals surface area contributed by atoms with Gasteiger partial charge in [-0.3, -0.25) is 9.89 Å².